The second-order valence-electron chi connectivity index (χ2n) is 4.39. The topological polar surface area (TPSA) is 45.7 Å². The van der Waals surface area contributed by atoms with E-state index in [4.69, 9.17) is 4.74 Å². The molecule has 0 aliphatic carbocycles. The number of aryl methyl sites for hydroxylation is 1. The standard InChI is InChI=1S/C15H25N3O.HI/c1-4-10-17-15(16-3)18-11-7-12-19-14-9-6-5-8-13(14)2;/h5-6,8-9H,4,7,10-12H2,1-3H3,(H2,16,17,18);1H. The molecule has 2 N–H and O–H groups in total. The van der Waals surface area contributed by atoms with Crippen LogP contribution in [0.15, 0.2) is 29.3 Å². The van der Waals surface area contributed by atoms with Gasteiger partial charge in [-0.1, -0.05) is 25.1 Å². The first-order chi connectivity index (χ1) is 9.27. The molecule has 0 spiro atoms. The molecule has 1 rings (SSSR count). The molecule has 0 fully saturated rings. The summed E-state index contributed by atoms with van der Waals surface area (Å²) >= 11 is 0. The van der Waals surface area contributed by atoms with Crippen LogP contribution < -0.4 is 15.4 Å². The number of rotatable bonds is 7. The normalized spacial score (nSPS) is 10.7. The summed E-state index contributed by atoms with van der Waals surface area (Å²) in [5, 5.41) is 6.50. The molecule has 4 nitrogen and oxygen atoms in total. The van der Waals surface area contributed by atoms with Crippen LogP contribution in [-0.2, 0) is 0 Å². The fourth-order valence-corrected chi connectivity index (χ4v) is 1.64. The lowest BCUT2D eigenvalue weighted by atomic mass is 10.2. The SMILES string of the molecule is CCCNC(=NC)NCCCOc1ccccc1C.I. The van der Waals surface area contributed by atoms with Gasteiger partial charge in [0.05, 0.1) is 6.61 Å². The van der Waals surface area contributed by atoms with E-state index in [1.54, 1.807) is 7.05 Å². The Bertz CT molecular complexity index is 396. The summed E-state index contributed by atoms with van der Waals surface area (Å²) in [6, 6.07) is 8.08. The minimum absolute atomic E-state index is 0. The van der Waals surface area contributed by atoms with Gasteiger partial charge in [0.25, 0.3) is 0 Å². The van der Waals surface area contributed by atoms with E-state index in [-0.39, 0.29) is 24.0 Å². The van der Waals surface area contributed by atoms with E-state index in [0.29, 0.717) is 6.61 Å². The highest BCUT2D eigenvalue weighted by Gasteiger charge is 1.98. The van der Waals surface area contributed by atoms with Crippen molar-refractivity contribution < 1.29 is 4.74 Å². The van der Waals surface area contributed by atoms with Crippen molar-refractivity contribution in [1.82, 2.24) is 10.6 Å². The third-order valence-corrected chi connectivity index (χ3v) is 2.73. The second-order valence-corrected chi connectivity index (χ2v) is 4.39. The molecule has 0 aromatic heterocycles. The summed E-state index contributed by atoms with van der Waals surface area (Å²) in [6.45, 7) is 6.71. The maximum absolute atomic E-state index is 5.73. The van der Waals surface area contributed by atoms with E-state index in [9.17, 15) is 0 Å². The van der Waals surface area contributed by atoms with Gasteiger partial charge in [-0.25, -0.2) is 0 Å². The van der Waals surface area contributed by atoms with E-state index in [0.717, 1.165) is 37.6 Å². The molecule has 1 aromatic rings. The summed E-state index contributed by atoms with van der Waals surface area (Å²) in [5.41, 5.74) is 1.18. The summed E-state index contributed by atoms with van der Waals surface area (Å²) in [6.07, 6.45) is 2.04. The number of nitrogens with one attached hydrogen (secondary N) is 2. The van der Waals surface area contributed by atoms with Gasteiger partial charge in [-0.2, -0.15) is 0 Å². The fraction of sp³-hybridized carbons (Fsp3) is 0.533. The van der Waals surface area contributed by atoms with Gasteiger partial charge in [0.1, 0.15) is 5.75 Å². The van der Waals surface area contributed by atoms with Gasteiger partial charge in [0.2, 0.25) is 0 Å². The van der Waals surface area contributed by atoms with Crippen molar-refractivity contribution >= 4 is 29.9 Å². The zero-order valence-corrected chi connectivity index (χ0v) is 14.9. The van der Waals surface area contributed by atoms with Crippen molar-refractivity contribution in [1.29, 1.82) is 0 Å². The number of aliphatic imine (C=N–C) groups is 1. The predicted octanol–water partition coefficient (Wildman–Crippen LogP) is 2.96. The van der Waals surface area contributed by atoms with E-state index < -0.39 is 0 Å². The van der Waals surface area contributed by atoms with E-state index in [1.807, 2.05) is 18.2 Å². The zero-order valence-electron chi connectivity index (χ0n) is 12.6. The van der Waals surface area contributed by atoms with Gasteiger partial charge in [0.15, 0.2) is 5.96 Å². The molecule has 114 valence electrons. The highest BCUT2D eigenvalue weighted by Crippen LogP contribution is 2.15. The highest BCUT2D eigenvalue weighted by atomic mass is 127. The number of guanidine groups is 1. The average molecular weight is 391 g/mol. The van der Waals surface area contributed by atoms with Crippen molar-refractivity contribution in [3.8, 4) is 5.75 Å². The second kappa shape index (κ2) is 11.8. The van der Waals surface area contributed by atoms with Crippen LogP contribution in [0.3, 0.4) is 0 Å². The summed E-state index contributed by atoms with van der Waals surface area (Å²) in [4.78, 5) is 4.15. The Labute approximate surface area is 139 Å². The number of nitrogens with zero attached hydrogens (tertiary/aromatic N) is 1. The van der Waals surface area contributed by atoms with Gasteiger partial charge < -0.3 is 15.4 Å². The van der Waals surface area contributed by atoms with Crippen LogP contribution in [0, 0.1) is 6.92 Å². The number of hydrogen-bond donors (Lipinski definition) is 2. The number of hydrogen-bond acceptors (Lipinski definition) is 2. The Kier molecular flexibility index (Phi) is 11.2. The molecular formula is C15H26IN3O. The molecule has 1 aromatic carbocycles. The maximum atomic E-state index is 5.73. The van der Waals surface area contributed by atoms with Gasteiger partial charge in [-0.3, -0.25) is 4.99 Å². The van der Waals surface area contributed by atoms with Gasteiger partial charge in [-0.05, 0) is 31.4 Å². The minimum Gasteiger partial charge on any atom is -0.493 e. The Hall–Kier alpha value is -0.980. The number of para-hydroxylation sites is 1. The molecule has 0 saturated carbocycles. The minimum atomic E-state index is 0. The molecule has 0 amide bonds. The van der Waals surface area contributed by atoms with Crippen LogP contribution in [0.5, 0.6) is 5.75 Å². The van der Waals surface area contributed by atoms with Gasteiger partial charge >= 0.3 is 0 Å². The van der Waals surface area contributed by atoms with Crippen LogP contribution in [0.25, 0.3) is 0 Å². The molecule has 0 atom stereocenters. The molecule has 5 heteroatoms. The van der Waals surface area contributed by atoms with Gasteiger partial charge in [0, 0.05) is 20.1 Å². The molecule has 0 aliphatic heterocycles. The fourth-order valence-electron chi connectivity index (χ4n) is 1.64. The van der Waals surface area contributed by atoms with Crippen LogP contribution in [0.4, 0.5) is 0 Å². The van der Waals surface area contributed by atoms with Crippen molar-refractivity contribution in [3.05, 3.63) is 29.8 Å². The smallest absolute Gasteiger partial charge is 0.190 e. The average Bonchev–Trinajstić information content (AvgIpc) is 2.43. The Balaban J connectivity index is 0.00000361. The summed E-state index contributed by atoms with van der Waals surface area (Å²) < 4.78 is 5.73. The largest absolute Gasteiger partial charge is 0.493 e. The predicted molar refractivity (Wildman–Crippen MR) is 96.4 cm³/mol. The first-order valence-corrected chi connectivity index (χ1v) is 6.91. The van der Waals surface area contributed by atoms with E-state index in [2.05, 4.69) is 35.5 Å². The molecule has 0 aliphatic rings. The number of ether oxygens (including phenoxy) is 1. The van der Waals surface area contributed by atoms with Gasteiger partial charge in [-0.15, -0.1) is 24.0 Å². The summed E-state index contributed by atoms with van der Waals surface area (Å²) in [5.74, 6) is 1.83. The van der Waals surface area contributed by atoms with E-state index in [1.165, 1.54) is 5.56 Å². The summed E-state index contributed by atoms with van der Waals surface area (Å²) in [7, 11) is 1.79. The Morgan fingerprint density at radius 2 is 1.90 bits per heavy atom. The molecule has 0 unspecified atom stereocenters. The van der Waals surface area contributed by atoms with Crippen molar-refractivity contribution in [2.75, 3.05) is 26.7 Å². The molecule has 0 heterocycles. The van der Waals surface area contributed by atoms with Crippen LogP contribution in [0.1, 0.15) is 25.3 Å². The first kappa shape index (κ1) is 19.0. The maximum Gasteiger partial charge on any atom is 0.190 e. The monoisotopic (exact) mass is 391 g/mol. The lowest BCUT2D eigenvalue weighted by Gasteiger charge is -2.12. The van der Waals surface area contributed by atoms with E-state index >= 15 is 0 Å². The number of halogens is 1. The third-order valence-electron chi connectivity index (χ3n) is 2.73. The van der Waals surface area contributed by atoms with Crippen LogP contribution in [-0.4, -0.2) is 32.7 Å². The Morgan fingerprint density at radius 1 is 1.20 bits per heavy atom. The first-order valence-electron chi connectivity index (χ1n) is 6.91. The molecule has 0 saturated heterocycles. The lowest BCUT2D eigenvalue weighted by molar-refractivity contribution is 0.309. The van der Waals surface area contributed by atoms with Crippen molar-refractivity contribution in [3.63, 3.8) is 0 Å². The molecular weight excluding hydrogens is 365 g/mol. The van der Waals surface area contributed by atoms with Crippen molar-refractivity contribution in [2.24, 2.45) is 4.99 Å². The van der Waals surface area contributed by atoms with Crippen molar-refractivity contribution in [2.45, 2.75) is 26.7 Å². The third kappa shape index (κ3) is 7.57. The lowest BCUT2D eigenvalue weighted by Crippen LogP contribution is -2.38. The molecule has 0 bridgehead atoms. The zero-order chi connectivity index (χ0) is 13.9. The quantitative estimate of drug-likeness (QED) is 0.325. The molecule has 20 heavy (non-hydrogen) atoms. The van der Waals surface area contributed by atoms with Crippen LogP contribution in [0.2, 0.25) is 0 Å². The van der Waals surface area contributed by atoms with Crippen LogP contribution >= 0.6 is 24.0 Å². The highest BCUT2D eigenvalue weighted by molar-refractivity contribution is 14.0. The number of benzene rings is 1. The molecule has 0 radical (unpaired) electrons. The Morgan fingerprint density at radius 3 is 2.55 bits per heavy atom.